The Labute approximate surface area is 286 Å². The first kappa shape index (κ1) is 28.8. The van der Waals surface area contributed by atoms with Crippen molar-refractivity contribution in [2.75, 3.05) is 4.90 Å². The number of nitrogens with zero attached hydrogens (tertiary/aromatic N) is 4. The summed E-state index contributed by atoms with van der Waals surface area (Å²) in [5.74, 6) is 2.01. The smallest absolute Gasteiger partial charge is 0.164 e. The molecular formula is C45H32N4. The summed E-state index contributed by atoms with van der Waals surface area (Å²) in [6.07, 6.45) is 1.81. The molecule has 0 atom stereocenters. The summed E-state index contributed by atoms with van der Waals surface area (Å²) in [6.45, 7) is 0. The second-order valence-electron chi connectivity index (χ2n) is 12.5. The van der Waals surface area contributed by atoms with Gasteiger partial charge in [-0.15, -0.1) is 0 Å². The van der Waals surface area contributed by atoms with E-state index >= 15 is 0 Å². The first-order valence-electron chi connectivity index (χ1n) is 16.7. The van der Waals surface area contributed by atoms with Crippen molar-refractivity contribution in [2.45, 2.75) is 12.8 Å². The van der Waals surface area contributed by atoms with Gasteiger partial charge in [0.15, 0.2) is 17.5 Å². The number of rotatable bonds is 6. The minimum atomic E-state index is 0.670. The van der Waals surface area contributed by atoms with Gasteiger partial charge in [0.05, 0.1) is 0 Å². The summed E-state index contributed by atoms with van der Waals surface area (Å²) >= 11 is 0. The Kier molecular flexibility index (Phi) is 7.25. The fourth-order valence-electron chi connectivity index (χ4n) is 6.90. The molecule has 4 nitrogen and oxygen atoms in total. The van der Waals surface area contributed by atoms with Gasteiger partial charge in [-0.05, 0) is 88.3 Å². The largest absolute Gasteiger partial charge is 0.310 e. The lowest BCUT2D eigenvalue weighted by Gasteiger charge is -2.28. The molecule has 4 heteroatoms. The van der Waals surface area contributed by atoms with Gasteiger partial charge in [-0.3, -0.25) is 0 Å². The van der Waals surface area contributed by atoms with Crippen LogP contribution in [0.2, 0.25) is 0 Å². The zero-order valence-corrected chi connectivity index (χ0v) is 26.9. The van der Waals surface area contributed by atoms with Crippen molar-refractivity contribution in [3.8, 4) is 34.2 Å². The predicted molar refractivity (Wildman–Crippen MR) is 200 cm³/mol. The van der Waals surface area contributed by atoms with E-state index in [-0.39, 0.29) is 0 Å². The summed E-state index contributed by atoms with van der Waals surface area (Å²) in [6, 6.07) is 59.7. The molecule has 0 N–H and O–H groups in total. The van der Waals surface area contributed by atoms with Crippen molar-refractivity contribution in [1.29, 1.82) is 0 Å². The van der Waals surface area contributed by atoms with Crippen LogP contribution in [0.1, 0.15) is 22.3 Å². The lowest BCUT2D eigenvalue weighted by molar-refractivity contribution is 1.00. The molecule has 1 heterocycles. The molecular weight excluding hydrogens is 597 g/mol. The number of hydrogen-bond acceptors (Lipinski definition) is 4. The maximum Gasteiger partial charge on any atom is 0.164 e. The monoisotopic (exact) mass is 628 g/mol. The first-order chi connectivity index (χ1) is 24.2. The molecule has 1 aliphatic rings. The van der Waals surface area contributed by atoms with Gasteiger partial charge in [0.25, 0.3) is 0 Å². The lowest BCUT2D eigenvalue weighted by Crippen LogP contribution is -2.12. The topological polar surface area (TPSA) is 41.9 Å². The van der Waals surface area contributed by atoms with Crippen LogP contribution in [0.3, 0.4) is 0 Å². The zero-order valence-electron chi connectivity index (χ0n) is 26.9. The number of benzene rings is 7. The van der Waals surface area contributed by atoms with Gasteiger partial charge in [-0.1, -0.05) is 127 Å². The number of anilines is 3. The van der Waals surface area contributed by atoms with Crippen molar-refractivity contribution in [3.05, 3.63) is 192 Å². The van der Waals surface area contributed by atoms with Crippen LogP contribution in [0.25, 0.3) is 44.9 Å². The highest BCUT2D eigenvalue weighted by molar-refractivity contribution is 5.89. The zero-order chi connectivity index (χ0) is 32.6. The number of hydrogen-bond donors (Lipinski definition) is 0. The Morgan fingerprint density at radius 2 is 0.796 bits per heavy atom. The SMILES string of the molecule is c1ccc(-c2nc(-c3ccccc3)nc(-c3ccc4cc5c(cc4c3)Cc3ccc(N(c4ccccc4)c4ccccc4)cc3C5)n2)cc1. The standard InChI is InChI=1S/C45H32N4/c1-5-13-31(14-6-1)43-46-44(32-15-7-2-8-16-32)48-45(47-43)35-22-21-33-25-38-29-39-30-42(24-23-34(39)26-37(38)28-36(33)27-35)49(40-17-9-3-10-18-40)41-19-11-4-12-20-41/h1-25,27-28,30H,26,29H2. The lowest BCUT2D eigenvalue weighted by atomic mass is 9.84. The highest BCUT2D eigenvalue weighted by Crippen LogP contribution is 2.38. The molecule has 0 unspecified atom stereocenters. The van der Waals surface area contributed by atoms with Crippen molar-refractivity contribution in [2.24, 2.45) is 0 Å². The molecule has 0 saturated carbocycles. The number of para-hydroxylation sites is 2. The van der Waals surface area contributed by atoms with Gasteiger partial charge in [-0.25, -0.2) is 15.0 Å². The Morgan fingerprint density at radius 1 is 0.327 bits per heavy atom. The third-order valence-corrected chi connectivity index (χ3v) is 9.35. The van der Waals surface area contributed by atoms with Crippen LogP contribution < -0.4 is 4.90 Å². The van der Waals surface area contributed by atoms with Gasteiger partial charge in [0, 0.05) is 33.8 Å². The molecule has 49 heavy (non-hydrogen) atoms. The highest BCUT2D eigenvalue weighted by Gasteiger charge is 2.20. The predicted octanol–water partition coefficient (Wildman–Crippen LogP) is 11.0. The van der Waals surface area contributed by atoms with E-state index in [9.17, 15) is 0 Å². The molecule has 0 bridgehead atoms. The maximum absolute atomic E-state index is 4.96. The van der Waals surface area contributed by atoms with E-state index in [2.05, 4.69) is 114 Å². The first-order valence-corrected chi connectivity index (χ1v) is 16.7. The Morgan fingerprint density at radius 3 is 1.37 bits per heavy atom. The van der Waals surface area contributed by atoms with Crippen molar-refractivity contribution >= 4 is 27.8 Å². The van der Waals surface area contributed by atoms with Gasteiger partial charge < -0.3 is 4.90 Å². The average molecular weight is 629 g/mol. The second kappa shape index (κ2) is 12.3. The van der Waals surface area contributed by atoms with E-state index in [1.807, 2.05) is 60.7 Å². The summed E-state index contributed by atoms with van der Waals surface area (Å²) in [5, 5.41) is 2.41. The molecule has 0 aliphatic heterocycles. The van der Waals surface area contributed by atoms with E-state index < -0.39 is 0 Å². The third-order valence-electron chi connectivity index (χ3n) is 9.35. The van der Waals surface area contributed by atoms with Crippen molar-refractivity contribution in [3.63, 3.8) is 0 Å². The van der Waals surface area contributed by atoms with Gasteiger partial charge in [0.1, 0.15) is 0 Å². The van der Waals surface area contributed by atoms with Crippen LogP contribution in [0.5, 0.6) is 0 Å². The molecule has 1 aliphatic carbocycles. The van der Waals surface area contributed by atoms with Crippen LogP contribution in [0, 0.1) is 0 Å². The molecule has 8 aromatic rings. The van der Waals surface area contributed by atoms with Gasteiger partial charge in [-0.2, -0.15) is 0 Å². The molecule has 232 valence electrons. The average Bonchev–Trinajstić information content (AvgIpc) is 3.17. The van der Waals surface area contributed by atoms with Crippen molar-refractivity contribution < 1.29 is 0 Å². The summed E-state index contributed by atoms with van der Waals surface area (Å²) in [5.41, 5.74) is 11.9. The summed E-state index contributed by atoms with van der Waals surface area (Å²) in [7, 11) is 0. The van der Waals surface area contributed by atoms with E-state index in [4.69, 9.17) is 15.0 Å². The molecule has 0 spiro atoms. The Hall–Kier alpha value is -6.39. The fourth-order valence-corrected chi connectivity index (χ4v) is 6.90. The molecule has 0 fully saturated rings. The van der Waals surface area contributed by atoms with E-state index in [0.717, 1.165) is 40.9 Å². The quantitative estimate of drug-likeness (QED) is 0.184. The Bertz CT molecular complexity index is 2330. The van der Waals surface area contributed by atoms with Gasteiger partial charge >= 0.3 is 0 Å². The fraction of sp³-hybridized carbons (Fsp3) is 0.0444. The molecule has 0 amide bonds. The van der Waals surface area contributed by atoms with Crippen LogP contribution in [-0.4, -0.2) is 15.0 Å². The number of fused-ring (bicyclic) bond motifs is 3. The van der Waals surface area contributed by atoms with E-state index in [1.165, 1.54) is 38.7 Å². The highest BCUT2D eigenvalue weighted by atomic mass is 15.1. The van der Waals surface area contributed by atoms with Crippen LogP contribution in [-0.2, 0) is 12.8 Å². The minimum absolute atomic E-state index is 0.670. The van der Waals surface area contributed by atoms with Crippen LogP contribution in [0.4, 0.5) is 17.1 Å². The van der Waals surface area contributed by atoms with E-state index in [1.54, 1.807) is 0 Å². The molecule has 0 radical (unpaired) electrons. The molecule has 7 aromatic carbocycles. The summed E-state index contributed by atoms with van der Waals surface area (Å²) < 4.78 is 0. The third kappa shape index (κ3) is 5.64. The Balaban J connectivity index is 1.07. The van der Waals surface area contributed by atoms with Crippen molar-refractivity contribution in [1.82, 2.24) is 15.0 Å². The molecule has 0 saturated heterocycles. The molecule has 9 rings (SSSR count). The van der Waals surface area contributed by atoms with Crippen LogP contribution in [0.15, 0.2) is 170 Å². The van der Waals surface area contributed by atoms with Crippen LogP contribution >= 0.6 is 0 Å². The molecule has 1 aromatic heterocycles. The normalized spacial score (nSPS) is 11.9. The maximum atomic E-state index is 4.96. The summed E-state index contributed by atoms with van der Waals surface area (Å²) in [4.78, 5) is 17.1. The van der Waals surface area contributed by atoms with E-state index in [0.29, 0.717) is 17.5 Å². The number of aromatic nitrogens is 3. The van der Waals surface area contributed by atoms with Gasteiger partial charge in [0.2, 0.25) is 0 Å². The minimum Gasteiger partial charge on any atom is -0.310 e. The second-order valence-corrected chi connectivity index (χ2v) is 12.5.